The van der Waals surface area contributed by atoms with Crippen LogP contribution in [0.4, 0.5) is 11.4 Å². The Morgan fingerprint density at radius 2 is 1.84 bits per heavy atom. The molecule has 2 aromatic rings. The Kier molecular flexibility index (Phi) is 7.58. The van der Waals surface area contributed by atoms with Gasteiger partial charge < -0.3 is 9.64 Å². The van der Waals surface area contributed by atoms with Crippen molar-refractivity contribution in [2.75, 3.05) is 31.1 Å². The number of amides is 1. The molecule has 0 unspecified atom stereocenters. The summed E-state index contributed by atoms with van der Waals surface area (Å²) in [7, 11) is 0. The number of benzene rings is 2. The summed E-state index contributed by atoms with van der Waals surface area (Å²) in [4.78, 5) is 22.7. The van der Waals surface area contributed by atoms with E-state index < -0.39 is 0 Å². The Bertz CT molecular complexity index is 1030. The van der Waals surface area contributed by atoms with Crippen LogP contribution in [0.2, 0.25) is 0 Å². The number of halogens is 1. The number of hydrogen-bond acceptors (Lipinski definition) is 5. The van der Waals surface area contributed by atoms with Crippen LogP contribution in [-0.2, 0) is 4.79 Å². The molecule has 0 aromatic heterocycles. The van der Waals surface area contributed by atoms with Gasteiger partial charge in [0.05, 0.1) is 17.2 Å². The highest BCUT2D eigenvalue weighted by atomic mass is 79.9. The maximum Gasteiger partial charge on any atom is 0.266 e. The smallest absolute Gasteiger partial charge is 0.266 e. The fourth-order valence-electron chi connectivity index (χ4n) is 3.93. The predicted molar refractivity (Wildman–Crippen MR) is 138 cm³/mol. The van der Waals surface area contributed by atoms with Crippen LogP contribution < -0.4 is 9.64 Å². The first-order valence-electron chi connectivity index (χ1n) is 11.2. The van der Waals surface area contributed by atoms with E-state index in [0.29, 0.717) is 23.2 Å². The first kappa shape index (κ1) is 22.9. The van der Waals surface area contributed by atoms with E-state index in [2.05, 4.69) is 33.0 Å². The summed E-state index contributed by atoms with van der Waals surface area (Å²) >= 11 is 4.93. The molecule has 2 saturated heterocycles. The quantitative estimate of drug-likeness (QED) is 0.415. The molecule has 0 bridgehead atoms. The average Bonchev–Trinajstić information content (AvgIpc) is 3.10. The molecule has 168 valence electrons. The Morgan fingerprint density at radius 3 is 2.53 bits per heavy atom. The average molecular weight is 514 g/mol. The minimum Gasteiger partial charge on any atom is -0.493 e. The number of piperidine rings is 1. The van der Waals surface area contributed by atoms with Crippen molar-refractivity contribution >= 4 is 56.2 Å². The van der Waals surface area contributed by atoms with E-state index in [-0.39, 0.29) is 5.91 Å². The number of thioether (sulfide) groups is 1. The summed E-state index contributed by atoms with van der Waals surface area (Å²) in [5, 5.41) is 0.711. The summed E-state index contributed by atoms with van der Waals surface area (Å²) in [5.41, 5.74) is 2.98. The molecule has 0 radical (unpaired) electrons. The molecule has 5 nitrogen and oxygen atoms in total. The normalized spacial score (nSPS) is 19.3. The molecule has 0 atom stereocenters. The van der Waals surface area contributed by atoms with Crippen LogP contribution >= 0.6 is 27.7 Å². The standard InChI is InChI=1S/C25H28BrN3O2S/c1-3-29-24(30)23(17-18-16-19(26)8-13-22(18)31-4-2)32-25(29)27-20-9-11-21(12-10-20)28-14-6-5-7-15-28/h8-13,16-17H,3-7,14-15H2,1-2H3/b23-17-,27-25?. The Hall–Kier alpha value is -2.25. The van der Waals surface area contributed by atoms with Crippen LogP contribution in [0, 0.1) is 0 Å². The number of anilines is 1. The summed E-state index contributed by atoms with van der Waals surface area (Å²) < 4.78 is 6.68. The number of rotatable bonds is 6. The largest absolute Gasteiger partial charge is 0.493 e. The van der Waals surface area contributed by atoms with E-state index in [1.165, 1.54) is 36.7 Å². The Labute approximate surface area is 202 Å². The van der Waals surface area contributed by atoms with Gasteiger partial charge in [0.2, 0.25) is 0 Å². The first-order valence-corrected chi connectivity index (χ1v) is 12.8. The van der Waals surface area contributed by atoms with E-state index in [0.717, 1.165) is 34.6 Å². The van der Waals surface area contributed by atoms with Gasteiger partial charge in [0.1, 0.15) is 5.75 Å². The van der Waals surface area contributed by atoms with Gasteiger partial charge in [-0.05, 0) is 93.4 Å². The van der Waals surface area contributed by atoms with Crippen LogP contribution in [0.5, 0.6) is 5.75 Å². The van der Waals surface area contributed by atoms with Gasteiger partial charge in [0, 0.05) is 35.4 Å². The Morgan fingerprint density at radius 1 is 1.09 bits per heavy atom. The number of carbonyl (C=O) groups is 1. The predicted octanol–water partition coefficient (Wildman–Crippen LogP) is 6.46. The molecule has 0 saturated carbocycles. The number of aliphatic imine (C=N–C) groups is 1. The lowest BCUT2D eigenvalue weighted by Crippen LogP contribution is -2.29. The van der Waals surface area contributed by atoms with Crippen LogP contribution in [0.3, 0.4) is 0 Å². The van der Waals surface area contributed by atoms with Gasteiger partial charge in [-0.3, -0.25) is 9.69 Å². The topological polar surface area (TPSA) is 45.1 Å². The highest BCUT2D eigenvalue weighted by molar-refractivity contribution is 9.10. The molecule has 32 heavy (non-hydrogen) atoms. The summed E-state index contributed by atoms with van der Waals surface area (Å²) in [6.07, 6.45) is 5.73. The lowest BCUT2D eigenvalue weighted by molar-refractivity contribution is -0.122. The molecule has 4 rings (SSSR count). The van der Waals surface area contributed by atoms with Crippen molar-refractivity contribution in [1.82, 2.24) is 4.90 Å². The zero-order valence-corrected chi connectivity index (χ0v) is 20.9. The van der Waals surface area contributed by atoms with Gasteiger partial charge in [-0.1, -0.05) is 15.9 Å². The lowest BCUT2D eigenvalue weighted by atomic mass is 10.1. The highest BCUT2D eigenvalue weighted by Gasteiger charge is 2.32. The van der Waals surface area contributed by atoms with Gasteiger partial charge >= 0.3 is 0 Å². The molecule has 2 aromatic carbocycles. The van der Waals surface area contributed by atoms with E-state index in [9.17, 15) is 4.79 Å². The summed E-state index contributed by atoms with van der Waals surface area (Å²) in [6, 6.07) is 14.2. The van der Waals surface area contributed by atoms with Gasteiger partial charge in [-0.2, -0.15) is 0 Å². The van der Waals surface area contributed by atoms with Crippen molar-refractivity contribution in [3.05, 3.63) is 57.4 Å². The first-order chi connectivity index (χ1) is 15.6. The molecule has 2 aliphatic rings. The van der Waals surface area contributed by atoms with Crippen LogP contribution in [-0.4, -0.2) is 42.2 Å². The molecule has 0 N–H and O–H groups in total. The van der Waals surface area contributed by atoms with E-state index in [1.807, 2.05) is 50.3 Å². The summed E-state index contributed by atoms with van der Waals surface area (Å²) in [6.45, 7) is 7.31. The number of likely N-dealkylation sites (N-methyl/N-ethyl adjacent to an activating group) is 1. The number of hydrogen-bond donors (Lipinski definition) is 0. The molecular weight excluding hydrogens is 486 g/mol. The second-order valence-electron chi connectivity index (χ2n) is 7.73. The third-order valence-corrected chi connectivity index (χ3v) is 7.06. The SMILES string of the molecule is CCOc1ccc(Br)cc1/C=C1\SC(=Nc2ccc(N3CCCCC3)cc2)N(CC)C1=O. The molecule has 0 aliphatic carbocycles. The zero-order valence-electron chi connectivity index (χ0n) is 18.5. The van der Waals surface area contributed by atoms with Crippen LogP contribution in [0.1, 0.15) is 38.7 Å². The van der Waals surface area contributed by atoms with Gasteiger partial charge in [-0.15, -0.1) is 0 Å². The molecule has 1 amide bonds. The molecule has 0 spiro atoms. The fourth-order valence-corrected chi connectivity index (χ4v) is 5.36. The van der Waals surface area contributed by atoms with Gasteiger partial charge in [0.15, 0.2) is 5.17 Å². The fraction of sp³-hybridized carbons (Fsp3) is 0.360. The molecule has 2 fully saturated rings. The maximum atomic E-state index is 13.1. The maximum absolute atomic E-state index is 13.1. The van der Waals surface area contributed by atoms with Crippen molar-refractivity contribution < 1.29 is 9.53 Å². The minimum absolute atomic E-state index is 0.0244. The van der Waals surface area contributed by atoms with E-state index in [1.54, 1.807) is 4.90 Å². The molecule has 2 heterocycles. The summed E-state index contributed by atoms with van der Waals surface area (Å²) in [5.74, 6) is 0.738. The Balaban J connectivity index is 1.58. The highest BCUT2D eigenvalue weighted by Crippen LogP contribution is 2.36. The number of ether oxygens (including phenoxy) is 1. The van der Waals surface area contributed by atoms with Gasteiger partial charge in [0.25, 0.3) is 5.91 Å². The third kappa shape index (κ3) is 5.21. The second-order valence-corrected chi connectivity index (χ2v) is 9.66. The van der Waals surface area contributed by atoms with Crippen LogP contribution in [0.15, 0.2) is 56.8 Å². The van der Waals surface area contributed by atoms with Crippen LogP contribution in [0.25, 0.3) is 6.08 Å². The minimum atomic E-state index is -0.0244. The number of amidine groups is 1. The zero-order chi connectivity index (χ0) is 22.5. The van der Waals surface area contributed by atoms with Crippen molar-refractivity contribution in [2.45, 2.75) is 33.1 Å². The lowest BCUT2D eigenvalue weighted by Gasteiger charge is -2.28. The third-order valence-electron chi connectivity index (χ3n) is 5.56. The molecular formula is C25H28BrN3O2S. The second kappa shape index (κ2) is 10.6. The molecule has 2 aliphatic heterocycles. The van der Waals surface area contributed by atoms with Crippen molar-refractivity contribution in [2.24, 2.45) is 4.99 Å². The monoisotopic (exact) mass is 513 g/mol. The van der Waals surface area contributed by atoms with E-state index in [4.69, 9.17) is 9.73 Å². The van der Waals surface area contributed by atoms with Crippen molar-refractivity contribution in [3.63, 3.8) is 0 Å². The van der Waals surface area contributed by atoms with Crippen molar-refractivity contribution in [1.29, 1.82) is 0 Å². The molecule has 7 heteroatoms. The van der Waals surface area contributed by atoms with E-state index >= 15 is 0 Å². The van der Waals surface area contributed by atoms with Crippen molar-refractivity contribution in [3.8, 4) is 5.75 Å². The van der Waals surface area contributed by atoms with Gasteiger partial charge in [-0.25, -0.2) is 4.99 Å². The number of nitrogens with zero attached hydrogens (tertiary/aromatic N) is 3. The number of carbonyl (C=O) groups excluding carboxylic acids is 1.